The Labute approximate surface area is 211 Å². The molecule has 1 N–H and O–H groups in total. The number of hydrogen-bond donors (Lipinski definition) is 1. The maximum Gasteiger partial charge on any atom is 0.295 e. The molecule has 192 valence electrons. The predicted octanol–water partition coefficient (Wildman–Crippen LogP) is 4.27. The Balaban J connectivity index is 1.82. The zero-order chi connectivity index (χ0) is 25.8. The largest absolute Gasteiger partial charge is 0.507 e. The Kier molecular flexibility index (Phi) is 7.84. The van der Waals surface area contributed by atoms with Gasteiger partial charge in [0.2, 0.25) is 0 Å². The molecule has 8 nitrogen and oxygen atoms in total. The standard InChI is InChI=1S/C28H33NO7/c1-5-34-22-11-8-18(16-23(22)35-6-2)25-24(27(31)28(32)29(25)12-7-13-33-4)26(30)19-9-10-21-20(15-19)14-17(3)36-21/h8-11,15-17,25,30H,5-7,12-14H2,1-4H3/b26-24+/t17-,25-/m1/s1. The third kappa shape index (κ3) is 4.91. The lowest BCUT2D eigenvalue weighted by molar-refractivity contribution is -0.140. The summed E-state index contributed by atoms with van der Waals surface area (Å²) in [6.45, 7) is 7.36. The van der Waals surface area contributed by atoms with Crippen LogP contribution in [0.2, 0.25) is 0 Å². The summed E-state index contributed by atoms with van der Waals surface area (Å²) in [5.41, 5.74) is 2.13. The van der Waals surface area contributed by atoms with Gasteiger partial charge in [-0.3, -0.25) is 9.59 Å². The first kappa shape index (κ1) is 25.6. The zero-order valence-electron chi connectivity index (χ0n) is 21.2. The van der Waals surface area contributed by atoms with Crippen LogP contribution in [0.1, 0.15) is 49.9 Å². The minimum Gasteiger partial charge on any atom is -0.507 e. The summed E-state index contributed by atoms with van der Waals surface area (Å²) in [4.78, 5) is 27.9. The number of likely N-dealkylation sites (tertiary alicyclic amines) is 1. The highest BCUT2D eigenvalue weighted by molar-refractivity contribution is 6.46. The van der Waals surface area contributed by atoms with E-state index in [1.54, 1.807) is 37.4 Å². The van der Waals surface area contributed by atoms with Crippen molar-refractivity contribution in [3.63, 3.8) is 0 Å². The van der Waals surface area contributed by atoms with Crippen molar-refractivity contribution < 1.29 is 33.6 Å². The van der Waals surface area contributed by atoms with Gasteiger partial charge < -0.3 is 29.0 Å². The second-order valence-corrected chi connectivity index (χ2v) is 8.87. The van der Waals surface area contributed by atoms with Crippen LogP contribution >= 0.6 is 0 Å². The van der Waals surface area contributed by atoms with Crippen LogP contribution < -0.4 is 14.2 Å². The van der Waals surface area contributed by atoms with Crippen molar-refractivity contribution in [3.8, 4) is 17.2 Å². The number of carbonyl (C=O) groups is 2. The highest BCUT2D eigenvalue weighted by atomic mass is 16.5. The number of nitrogens with zero attached hydrogens (tertiary/aromatic N) is 1. The molecule has 2 heterocycles. The molecule has 36 heavy (non-hydrogen) atoms. The van der Waals surface area contributed by atoms with Crippen LogP contribution in [0.5, 0.6) is 17.2 Å². The van der Waals surface area contributed by atoms with Gasteiger partial charge in [-0.2, -0.15) is 0 Å². The van der Waals surface area contributed by atoms with Crippen molar-refractivity contribution in [1.29, 1.82) is 0 Å². The molecule has 4 rings (SSSR count). The van der Waals surface area contributed by atoms with Crippen molar-refractivity contribution in [2.24, 2.45) is 0 Å². The van der Waals surface area contributed by atoms with E-state index in [1.807, 2.05) is 26.8 Å². The molecule has 0 bridgehead atoms. The molecular weight excluding hydrogens is 462 g/mol. The second-order valence-electron chi connectivity index (χ2n) is 8.87. The van der Waals surface area contributed by atoms with Gasteiger partial charge in [-0.15, -0.1) is 0 Å². The van der Waals surface area contributed by atoms with Crippen molar-refractivity contribution in [2.75, 3.05) is 33.5 Å². The van der Waals surface area contributed by atoms with Gasteiger partial charge >= 0.3 is 0 Å². The minimum atomic E-state index is -0.778. The molecule has 2 aliphatic rings. The molecule has 1 amide bonds. The van der Waals surface area contributed by atoms with E-state index in [2.05, 4.69) is 0 Å². The fourth-order valence-corrected chi connectivity index (χ4v) is 4.80. The van der Waals surface area contributed by atoms with Crippen LogP contribution in [-0.2, 0) is 20.7 Å². The number of benzene rings is 2. The lowest BCUT2D eigenvalue weighted by atomic mass is 9.94. The summed E-state index contributed by atoms with van der Waals surface area (Å²) in [5, 5.41) is 11.4. The Morgan fingerprint density at radius 2 is 1.83 bits per heavy atom. The molecule has 8 heteroatoms. The van der Waals surface area contributed by atoms with Crippen molar-refractivity contribution in [2.45, 2.75) is 45.8 Å². The minimum absolute atomic E-state index is 0.0459. The van der Waals surface area contributed by atoms with Crippen molar-refractivity contribution >= 4 is 17.4 Å². The number of rotatable bonds is 10. The number of ether oxygens (including phenoxy) is 4. The van der Waals surface area contributed by atoms with E-state index in [0.29, 0.717) is 61.8 Å². The monoisotopic (exact) mass is 495 g/mol. The Hall–Kier alpha value is -3.52. The average Bonchev–Trinajstić information content (AvgIpc) is 3.36. The summed E-state index contributed by atoms with van der Waals surface area (Å²) in [6.07, 6.45) is 1.30. The average molecular weight is 496 g/mol. The maximum atomic E-state index is 13.3. The number of aliphatic hydroxyl groups is 1. The van der Waals surface area contributed by atoms with Gasteiger partial charge in [0.1, 0.15) is 17.6 Å². The first-order valence-corrected chi connectivity index (χ1v) is 12.4. The molecule has 2 aromatic rings. The molecule has 0 aromatic heterocycles. The van der Waals surface area contributed by atoms with Crippen LogP contribution in [0.25, 0.3) is 5.76 Å². The molecule has 0 aliphatic carbocycles. The molecule has 2 atom stereocenters. The normalized spacial score (nSPS) is 20.4. The number of methoxy groups -OCH3 is 1. The van der Waals surface area contributed by atoms with Crippen LogP contribution in [-0.4, -0.2) is 61.3 Å². The SMILES string of the molecule is CCOc1ccc([C@@H]2/C(=C(\O)c3ccc4c(c3)C[C@@H](C)O4)C(=O)C(=O)N2CCCOC)cc1OCC. The van der Waals surface area contributed by atoms with Gasteiger partial charge in [-0.05, 0) is 68.7 Å². The quantitative estimate of drug-likeness (QED) is 0.228. The number of hydrogen-bond acceptors (Lipinski definition) is 7. The third-order valence-corrected chi connectivity index (χ3v) is 6.34. The Morgan fingerprint density at radius 3 is 2.56 bits per heavy atom. The van der Waals surface area contributed by atoms with Gasteiger partial charge in [0.05, 0.1) is 24.8 Å². The van der Waals surface area contributed by atoms with Gasteiger partial charge in [-0.25, -0.2) is 0 Å². The van der Waals surface area contributed by atoms with Gasteiger partial charge in [0.25, 0.3) is 11.7 Å². The van der Waals surface area contributed by atoms with E-state index >= 15 is 0 Å². The highest BCUT2D eigenvalue weighted by Gasteiger charge is 2.46. The maximum absolute atomic E-state index is 13.3. The van der Waals surface area contributed by atoms with Crippen LogP contribution in [0.4, 0.5) is 0 Å². The molecule has 2 aromatic carbocycles. The van der Waals surface area contributed by atoms with Gasteiger partial charge in [-0.1, -0.05) is 6.07 Å². The smallest absolute Gasteiger partial charge is 0.295 e. The van der Waals surface area contributed by atoms with Gasteiger partial charge in [0.15, 0.2) is 11.5 Å². The highest BCUT2D eigenvalue weighted by Crippen LogP contribution is 2.43. The van der Waals surface area contributed by atoms with Crippen LogP contribution in [0.15, 0.2) is 42.0 Å². The number of fused-ring (bicyclic) bond motifs is 1. The number of Topliss-reactive ketones (excluding diaryl/α,β-unsaturated/α-hetero) is 1. The zero-order valence-corrected chi connectivity index (χ0v) is 21.2. The number of amides is 1. The van der Waals surface area contributed by atoms with Crippen molar-refractivity contribution in [3.05, 3.63) is 58.7 Å². The van der Waals surface area contributed by atoms with Crippen LogP contribution in [0, 0.1) is 0 Å². The summed E-state index contributed by atoms with van der Waals surface area (Å²) in [7, 11) is 1.59. The molecule has 2 aliphatic heterocycles. The second kappa shape index (κ2) is 11.0. The lowest BCUT2D eigenvalue weighted by Crippen LogP contribution is -2.31. The van der Waals surface area contributed by atoms with Crippen LogP contribution in [0.3, 0.4) is 0 Å². The molecule has 1 fully saturated rings. The predicted molar refractivity (Wildman–Crippen MR) is 135 cm³/mol. The summed E-state index contributed by atoms with van der Waals surface area (Å²) < 4.78 is 22.4. The molecule has 1 saturated heterocycles. The molecule has 0 saturated carbocycles. The third-order valence-electron chi connectivity index (χ3n) is 6.34. The number of ketones is 1. The summed E-state index contributed by atoms with van der Waals surface area (Å²) >= 11 is 0. The fourth-order valence-electron chi connectivity index (χ4n) is 4.80. The van der Waals surface area contributed by atoms with E-state index in [1.165, 1.54) is 4.90 Å². The number of aliphatic hydroxyl groups excluding tert-OH is 1. The van der Waals surface area contributed by atoms with Gasteiger partial charge in [0, 0.05) is 32.2 Å². The van der Waals surface area contributed by atoms with E-state index < -0.39 is 17.7 Å². The summed E-state index contributed by atoms with van der Waals surface area (Å²) in [6, 6.07) is 9.91. The lowest BCUT2D eigenvalue weighted by Gasteiger charge is -2.26. The Bertz CT molecular complexity index is 1170. The molecule has 0 unspecified atom stereocenters. The van der Waals surface area contributed by atoms with E-state index in [-0.39, 0.29) is 17.4 Å². The fraction of sp³-hybridized carbons (Fsp3) is 0.429. The van der Waals surface area contributed by atoms with E-state index in [0.717, 1.165) is 11.3 Å². The first-order valence-electron chi connectivity index (χ1n) is 12.4. The van der Waals surface area contributed by atoms with E-state index in [4.69, 9.17) is 18.9 Å². The Morgan fingerprint density at radius 1 is 1.08 bits per heavy atom. The van der Waals surface area contributed by atoms with Crippen molar-refractivity contribution in [1.82, 2.24) is 4.90 Å². The first-order chi connectivity index (χ1) is 17.4. The molecule has 0 radical (unpaired) electrons. The topological polar surface area (TPSA) is 94.5 Å². The number of carbonyl (C=O) groups excluding carboxylic acids is 2. The molecular formula is C28H33NO7. The van der Waals surface area contributed by atoms with E-state index in [9.17, 15) is 14.7 Å². The summed E-state index contributed by atoms with van der Waals surface area (Å²) in [5.74, 6) is 0.287. The molecule has 0 spiro atoms.